The second-order valence-electron chi connectivity index (χ2n) is 4.09. The van der Waals surface area contributed by atoms with Crippen LogP contribution in [-0.2, 0) is 14.1 Å². The van der Waals surface area contributed by atoms with E-state index in [9.17, 15) is 9.59 Å². The van der Waals surface area contributed by atoms with Crippen molar-refractivity contribution < 1.29 is 4.79 Å². The zero-order chi connectivity index (χ0) is 13.3. The smallest absolute Gasteiger partial charge is 0.272 e. The van der Waals surface area contributed by atoms with Gasteiger partial charge in [0.15, 0.2) is 0 Å². The number of nitrogens with one attached hydrogen (secondary N) is 1. The van der Waals surface area contributed by atoms with Crippen molar-refractivity contribution in [3.8, 4) is 0 Å². The van der Waals surface area contributed by atoms with Gasteiger partial charge in [-0.3, -0.25) is 9.59 Å². The van der Waals surface area contributed by atoms with Gasteiger partial charge in [-0.1, -0.05) is 0 Å². The van der Waals surface area contributed by atoms with Crippen LogP contribution in [0.4, 0.5) is 11.4 Å². The number of carbonyl (C=O) groups is 1. The van der Waals surface area contributed by atoms with Crippen molar-refractivity contribution in [2.24, 2.45) is 14.1 Å². The van der Waals surface area contributed by atoms with Crippen LogP contribution in [0.2, 0.25) is 0 Å². The monoisotopic (exact) mass is 246 g/mol. The van der Waals surface area contributed by atoms with Crippen LogP contribution in [0.3, 0.4) is 0 Å². The second-order valence-corrected chi connectivity index (χ2v) is 4.09. The van der Waals surface area contributed by atoms with Gasteiger partial charge in [0.05, 0.1) is 11.4 Å². The van der Waals surface area contributed by atoms with Crippen LogP contribution in [0.15, 0.2) is 35.4 Å². The molecule has 2 aromatic rings. The molecule has 2 rings (SSSR count). The van der Waals surface area contributed by atoms with E-state index in [1.807, 2.05) is 0 Å². The molecule has 0 spiro atoms. The van der Waals surface area contributed by atoms with E-state index >= 15 is 0 Å². The number of nitrogens with two attached hydrogens (primary N) is 1. The minimum Gasteiger partial charge on any atom is -0.397 e. The number of nitrogens with zero attached hydrogens (tertiary/aromatic N) is 2. The lowest BCUT2D eigenvalue weighted by atomic mass is 10.3. The number of amides is 1. The summed E-state index contributed by atoms with van der Waals surface area (Å²) in [5, 5.41) is 2.71. The summed E-state index contributed by atoms with van der Waals surface area (Å²) in [4.78, 5) is 23.2. The standard InChI is InChI=1S/C12H14N4O2/c1-15-6-8(13)5-10(15)12(18)14-9-3-4-11(17)16(2)7-9/h3-7H,13H2,1-2H3,(H,14,18). The summed E-state index contributed by atoms with van der Waals surface area (Å²) < 4.78 is 3.04. The molecule has 0 saturated heterocycles. The van der Waals surface area contributed by atoms with E-state index in [1.165, 1.54) is 10.6 Å². The van der Waals surface area contributed by atoms with Crippen molar-refractivity contribution in [1.29, 1.82) is 0 Å². The van der Waals surface area contributed by atoms with E-state index in [0.29, 0.717) is 17.1 Å². The summed E-state index contributed by atoms with van der Waals surface area (Å²) in [6, 6.07) is 4.55. The minimum absolute atomic E-state index is 0.129. The van der Waals surface area contributed by atoms with Crippen molar-refractivity contribution in [3.63, 3.8) is 0 Å². The second kappa shape index (κ2) is 4.40. The van der Waals surface area contributed by atoms with Crippen molar-refractivity contribution in [1.82, 2.24) is 9.13 Å². The van der Waals surface area contributed by atoms with E-state index in [-0.39, 0.29) is 11.5 Å². The van der Waals surface area contributed by atoms with Crippen LogP contribution in [0.5, 0.6) is 0 Å². The number of nitrogen functional groups attached to an aromatic ring is 1. The number of hydrogen-bond acceptors (Lipinski definition) is 3. The Morgan fingerprint density at radius 1 is 1.22 bits per heavy atom. The fraction of sp³-hybridized carbons (Fsp3) is 0.167. The molecule has 6 heteroatoms. The Hall–Kier alpha value is -2.50. The molecule has 18 heavy (non-hydrogen) atoms. The van der Waals surface area contributed by atoms with Crippen LogP contribution in [0, 0.1) is 0 Å². The van der Waals surface area contributed by atoms with Gasteiger partial charge in [0.1, 0.15) is 5.69 Å². The molecule has 0 fully saturated rings. The Balaban J connectivity index is 2.24. The molecular formula is C12H14N4O2. The van der Waals surface area contributed by atoms with Gasteiger partial charge >= 0.3 is 0 Å². The molecule has 6 nitrogen and oxygen atoms in total. The molecule has 0 radical (unpaired) electrons. The predicted molar refractivity (Wildman–Crippen MR) is 69.5 cm³/mol. The van der Waals surface area contributed by atoms with E-state index in [1.54, 1.807) is 43.2 Å². The highest BCUT2D eigenvalue weighted by atomic mass is 16.2. The maximum absolute atomic E-state index is 12.0. The highest BCUT2D eigenvalue weighted by molar-refractivity contribution is 6.03. The fourth-order valence-corrected chi connectivity index (χ4v) is 1.68. The molecule has 0 atom stereocenters. The molecule has 0 aromatic carbocycles. The molecule has 1 amide bonds. The third-order valence-corrected chi connectivity index (χ3v) is 2.60. The summed E-state index contributed by atoms with van der Waals surface area (Å²) in [7, 11) is 3.37. The Morgan fingerprint density at radius 2 is 1.94 bits per heavy atom. The third-order valence-electron chi connectivity index (χ3n) is 2.60. The maximum Gasteiger partial charge on any atom is 0.272 e. The summed E-state index contributed by atoms with van der Waals surface area (Å²) in [6.07, 6.45) is 3.22. The van der Waals surface area contributed by atoms with Crippen LogP contribution in [0.1, 0.15) is 10.5 Å². The lowest BCUT2D eigenvalue weighted by Crippen LogP contribution is -2.19. The SMILES string of the molecule is Cn1cc(N)cc1C(=O)Nc1ccc(=O)n(C)c1. The summed E-state index contributed by atoms with van der Waals surface area (Å²) in [5.74, 6) is -0.271. The normalized spacial score (nSPS) is 10.3. The van der Waals surface area contributed by atoms with Gasteiger partial charge in [0.25, 0.3) is 5.91 Å². The first-order valence-electron chi connectivity index (χ1n) is 5.37. The number of aryl methyl sites for hydroxylation is 2. The minimum atomic E-state index is -0.271. The topological polar surface area (TPSA) is 82.1 Å². The van der Waals surface area contributed by atoms with Gasteiger partial charge in [0, 0.05) is 32.6 Å². The predicted octanol–water partition coefficient (Wildman–Crippen LogP) is 0.558. The van der Waals surface area contributed by atoms with E-state index in [2.05, 4.69) is 5.32 Å². The van der Waals surface area contributed by atoms with Gasteiger partial charge in [-0.2, -0.15) is 0 Å². The number of hydrogen-bond donors (Lipinski definition) is 2. The average Bonchev–Trinajstić information content (AvgIpc) is 2.63. The van der Waals surface area contributed by atoms with Crippen LogP contribution in [0.25, 0.3) is 0 Å². The fourth-order valence-electron chi connectivity index (χ4n) is 1.68. The number of carbonyl (C=O) groups excluding carboxylic acids is 1. The van der Waals surface area contributed by atoms with E-state index in [4.69, 9.17) is 5.73 Å². The molecule has 0 unspecified atom stereocenters. The Bertz CT molecular complexity index is 654. The summed E-state index contributed by atoms with van der Waals surface area (Å²) in [6.45, 7) is 0. The first-order valence-corrected chi connectivity index (χ1v) is 5.37. The van der Waals surface area contributed by atoms with Gasteiger partial charge in [-0.15, -0.1) is 0 Å². The third kappa shape index (κ3) is 2.27. The molecule has 0 aliphatic rings. The Kier molecular flexibility index (Phi) is 2.93. The largest absolute Gasteiger partial charge is 0.397 e. The van der Waals surface area contributed by atoms with Crippen molar-refractivity contribution in [2.75, 3.05) is 11.1 Å². The summed E-state index contributed by atoms with van der Waals surface area (Å²) in [5.41, 5.74) is 7.03. The Labute approximate surface area is 104 Å². The van der Waals surface area contributed by atoms with Crippen molar-refractivity contribution in [2.45, 2.75) is 0 Å². The van der Waals surface area contributed by atoms with Crippen LogP contribution < -0.4 is 16.6 Å². The van der Waals surface area contributed by atoms with Gasteiger partial charge in [-0.25, -0.2) is 0 Å². The average molecular weight is 246 g/mol. The van der Waals surface area contributed by atoms with Crippen molar-refractivity contribution in [3.05, 3.63) is 46.6 Å². The summed E-state index contributed by atoms with van der Waals surface area (Å²) >= 11 is 0. The van der Waals surface area contributed by atoms with E-state index in [0.717, 1.165) is 0 Å². The zero-order valence-electron chi connectivity index (χ0n) is 10.2. The molecule has 2 heterocycles. The number of aromatic nitrogens is 2. The van der Waals surface area contributed by atoms with Crippen LogP contribution in [-0.4, -0.2) is 15.0 Å². The Morgan fingerprint density at radius 3 is 2.50 bits per heavy atom. The number of pyridine rings is 1. The van der Waals surface area contributed by atoms with Gasteiger partial charge in [0.2, 0.25) is 5.56 Å². The molecule has 2 aromatic heterocycles. The quantitative estimate of drug-likeness (QED) is 0.812. The number of rotatable bonds is 2. The highest BCUT2D eigenvalue weighted by Crippen LogP contribution is 2.11. The number of anilines is 2. The molecule has 3 N–H and O–H groups in total. The van der Waals surface area contributed by atoms with Gasteiger partial charge < -0.3 is 20.2 Å². The molecule has 0 saturated carbocycles. The molecule has 94 valence electrons. The molecule has 0 aliphatic heterocycles. The highest BCUT2D eigenvalue weighted by Gasteiger charge is 2.11. The van der Waals surface area contributed by atoms with Gasteiger partial charge in [-0.05, 0) is 12.1 Å². The lowest BCUT2D eigenvalue weighted by Gasteiger charge is -2.06. The maximum atomic E-state index is 12.0. The zero-order valence-corrected chi connectivity index (χ0v) is 10.2. The lowest BCUT2D eigenvalue weighted by molar-refractivity contribution is 0.101. The molecule has 0 aliphatic carbocycles. The molecule has 0 bridgehead atoms. The van der Waals surface area contributed by atoms with E-state index < -0.39 is 0 Å². The van der Waals surface area contributed by atoms with Crippen LogP contribution >= 0.6 is 0 Å². The first-order chi connectivity index (χ1) is 8.47. The molecular weight excluding hydrogens is 232 g/mol. The van der Waals surface area contributed by atoms with Crippen molar-refractivity contribution >= 4 is 17.3 Å². The first kappa shape index (κ1) is 12.0.